The molecule has 1 heterocycles. The number of carbonyl (C=O) groups is 1. The van der Waals surface area contributed by atoms with Crippen LogP contribution in [0.25, 0.3) is 10.9 Å². The second-order valence-corrected chi connectivity index (χ2v) is 9.98. The zero-order chi connectivity index (χ0) is 21.7. The van der Waals surface area contributed by atoms with Crippen molar-refractivity contribution in [3.63, 3.8) is 0 Å². The molecule has 1 amide bonds. The number of rotatable bonds is 6. The van der Waals surface area contributed by atoms with Crippen molar-refractivity contribution in [2.45, 2.75) is 65.5 Å². The molecule has 2 saturated carbocycles. The number of fused-ring (bicyclic) bond motifs is 3. The predicted molar refractivity (Wildman–Crippen MR) is 115 cm³/mol. The van der Waals surface area contributed by atoms with Crippen molar-refractivity contribution in [2.75, 3.05) is 6.61 Å². The lowest BCUT2D eigenvalue weighted by molar-refractivity contribution is 0.0736. The lowest BCUT2D eigenvalue weighted by Gasteiger charge is -2.43. The number of aliphatic hydroxyl groups excluding tert-OH is 1. The van der Waals surface area contributed by atoms with Gasteiger partial charge in [0.05, 0.1) is 5.52 Å². The highest BCUT2D eigenvalue weighted by atomic mass is 19.1. The minimum Gasteiger partial charge on any atom is -0.396 e. The zero-order valence-corrected chi connectivity index (χ0v) is 18.0. The van der Waals surface area contributed by atoms with Gasteiger partial charge in [0, 0.05) is 30.8 Å². The van der Waals surface area contributed by atoms with Crippen LogP contribution in [-0.4, -0.2) is 28.2 Å². The molecule has 0 unspecified atom stereocenters. The van der Waals surface area contributed by atoms with Crippen LogP contribution in [0.4, 0.5) is 4.39 Å². The van der Waals surface area contributed by atoms with Gasteiger partial charge < -0.3 is 15.0 Å². The van der Waals surface area contributed by atoms with Gasteiger partial charge in [0.25, 0.3) is 5.91 Å². The van der Waals surface area contributed by atoms with E-state index in [1.165, 1.54) is 24.6 Å². The summed E-state index contributed by atoms with van der Waals surface area (Å²) in [4.78, 5) is 26.4. The molecule has 0 spiro atoms. The Balaban J connectivity index is 1.71. The van der Waals surface area contributed by atoms with E-state index in [9.17, 15) is 14.0 Å². The number of aliphatic hydroxyl groups is 1. The summed E-state index contributed by atoms with van der Waals surface area (Å²) < 4.78 is 15.6. The van der Waals surface area contributed by atoms with Gasteiger partial charge in [-0.25, -0.2) is 4.39 Å². The van der Waals surface area contributed by atoms with Crippen LogP contribution in [0.15, 0.2) is 29.2 Å². The number of amides is 1. The summed E-state index contributed by atoms with van der Waals surface area (Å²) in [5, 5.41) is 12.6. The van der Waals surface area contributed by atoms with E-state index >= 15 is 0 Å². The molecule has 30 heavy (non-hydrogen) atoms. The minimum atomic E-state index is -0.424. The topological polar surface area (TPSA) is 71.3 Å². The molecular formula is C24H31FN2O3. The maximum atomic E-state index is 13.8. The Morgan fingerprint density at radius 2 is 2.07 bits per heavy atom. The first-order chi connectivity index (χ1) is 14.2. The van der Waals surface area contributed by atoms with E-state index in [1.54, 1.807) is 10.8 Å². The van der Waals surface area contributed by atoms with Gasteiger partial charge in [-0.1, -0.05) is 20.8 Å². The highest BCUT2D eigenvalue weighted by Crippen LogP contribution is 2.62. The number of aryl methyl sites for hydroxylation is 1. The van der Waals surface area contributed by atoms with Crippen molar-refractivity contribution in [3.8, 4) is 0 Å². The first kappa shape index (κ1) is 21.0. The van der Waals surface area contributed by atoms with E-state index in [4.69, 9.17) is 5.11 Å². The van der Waals surface area contributed by atoms with Crippen molar-refractivity contribution in [1.82, 2.24) is 9.88 Å². The number of aromatic nitrogens is 1. The quantitative estimate of drug-likeness (QED) is 0.705. The Labute approximate surface area is 176 Å². The fraction of sp³-hybridized carbons (Fsp3) is 0.583. The number of carbonyl (C=O) groups excluding carboxylic acids is 1. The molecule has 2 aliphatic rings. The highest BCUT2D eigenvalue weighted by molar-refractivity contribution is 5.97. The molecule has 4 rings (SSSR count). The molecule has 3 atom stereocenters. The van der Waals surface area contributed by atoms with Crippen LogP contribution in [0.2, 0.25) is 0 Å². The Morgan fingerprint density at radius 1 is 1.30 bits per heavy atom. The Hall–Kier alpha value is -2.21. The standard InChI is InChI=1S/C24H31FN2O3/c1-23(2)15-8-9-24(3,13-15)22(23)26-21(30)18-14-27(10-4-5-11-28)19-12-16(25)6-7-17(19)20(18)29/h6-7,12,14-15,22,28H,4-5,8-11,13H2,1-3H3,(H,26,30)/t15-,22+,24+/m0/s1. The van der Waals surface area contributed by atoms with Crippen LogP contribution in [-0.2, 0) is 6.54 Å². The zero-order valence-electron chi connectivity index (χ0n) is 18.0. The SMILES string of the molecule is CC1(C)[C@H]2CC[C@](C)(C2)[C@@H]1NC(=O)c1cn(CCCCO)c2cc(F)ccc2c1=O. The molecule has 5 nitrogen and oxygen atoms in total. The second kappa shape index (κ2) is 7.49. The summed E-state index contributed by atoms with van der Waals surface area (Å²) in [7, 11) is 0. The molecule has 0 aliphatic heterocycles. The molecule has 2 fully saturated rings. The van der Waals surface area contributed by atoms with E-state index in [-0.39, 0.29) is 40.4 Å². The molecular weight excluding hydrogens is 383 g/mol. The van der Waals surface area contributed by atoms with E-state index in [1.807, 2.05) is 0 Å². The average molecular weight is 415 g/mol. The van der Waals surface area contributed by atoms with Crippen LogP contribution < -0.4 is 10.7 Å². The molecule has 6 heteroatoms. The van der Waals surface area contributed by atoms with Crippen molar-refractivity contribution >= 4 is 16.8 Å². The largest absolute Gasteiger partial charge is 0.396 e. The van der Waals surface area contributed by atoms with Crippen molar-refractivity contribution in [2.24, 2.45) is 16.7 Å². The molecule has 0 saturated heterocycles. The third-order valence-electron chi connectivity index (χ3n) is 7.64. The van der Waals surface area contributed by atoms with Gasteiger partial charge in [-0.3, -0.25) is 9.59 Å². The number of nitrogens with one attached hydrogen (secondary N) is 1. The number of benzene rings is 1. The van der Waals surface area contributed by atoms with Crippen molar-refractivity contribution in [3.05, 3.63) is 46.0 Å². The molecule has 2 N–H and O–H groups in total. The number of halogens is 1. The monoisotopic (exact) mass is 414 g/mol. The molecule has 162 valence electrons. The second-order valence-electron chi connectivity index (χ2n) is 9.98. The van der Waals surface area contributed by atoms with Crippen molar-refractivity contribution in [1.29, 1.82) is 0 Å². The van der Waals surface area contributed by atoms with Crippen LogP contribution in [0.3, 0.4) is 0 Å². The molecule has 2 bridgehead atoms. The van der Waals surface area contributed by atoms with Gasteiger partial charge in [0.2, 0.25) is 5.43 Å². The fourth-order valence-corrected chi connectivity index (χ4v) is 5.98. The van der Waals surface area contributed by atoms with Crippen LogP contribution >= 0.6 is 0 Å². The summed E-state index contributed by atoms with van der Waals surface area (Å²) >= 11 is 0. The van der Waals surface area contributed by atoms with E-state index < -0.39 is 5.82 Å². The highest BCUT2D eigenvalue weighted by Gasteiger charge is 2.59. The Bertz CT molecular complexity index is 1040. The molecule has 2 aliphatic carbocycles. The van der Waals surface area contributed by atoms with E-state index in [2.05, 4.69) is 26.1 Å². The maximum absolute atomic E-state index is 13.8. The van der Waals surface area contributed by atoms with Crippen LogP contribution in [0, 0.1) is 22.6 Å². The maximum Gasteiger partial charge on any atom is 0.257 e. The lowest BCUT2D eigenvalue weighted by Crippen LogP contribution is -2.53. The fourth-order valence-electron chi connectivity index (χ4n) is 5.98. The minimum absolute atomic E-state index is 0.0111. The summed E-state index contributed by atoms with van der Waals surface area (Å²) in [6.07, 6.45) is 6.21. The summed E-state index contributed by atoms with van der Waals surface area (Å²) in [6.45, 7) is 7.22. The number of hydrogen-bond acceptors (Lipinski definition) is 3. The first-order valence-electron chi connectivity index (χ1n) is 10.9. The summed E-state index contributed by atoms with van der Waals surface area (Å²) in [5.74, 6) is -0.192. The summed E-state index contributed by atoms with van der Waals surface area (Å²) in [5.41, 5.74) is 0.251. The van der Waals surface area contributed by atoms with Crippen molar-refractivity contribution < 1.29 is 14.3 Å². The first-order valence-corrected chi connectivity index (χ1v) is 10.9. The van der Waals surface area contributed by atoms with E-state index in [0.717, 1.165) is 12.8 Å². The third-order valence-corrected chi connectivity index (χ3v) is 7.64. The Morgan fingerprint density at radius 3 is 2.73 bits per heavy atom. The number of hydrogen-bond donors (Lipinski definition) is 2. The number of pyridine rings is 1. The lowest BCUT2D eigenvalue weighted by atomic mass is 9.68. The molecule has 1 aromatic heterocycles. The van der Waals surface area contributed by atoms with Gasteiger partial charge >= 0.3 is 0 Å². The van der Waals surface area contributed by atoms with Gasteiger partial charge in [-0.15, -0.1) is 0 Å². The van der Waals surface area contributed by atoms with Gasteiger partial charge in [0.1, 0.15) is 11.4 Å². The van der Waals surface area contributed by atoms with Gasteiger partial charge in [-0.05, 0) is 67.1 Å². The van der Waals surface area contributed by atoms with E-state index in [0.29, 0.717) is 36.2 Å². The normalized spacial score (nSPS) is 27.0. The van der Waals surface area contributed by atoms with Gasteiger partial charge in [0.15, 0.2) is 0 Å². The smallest absolute Gasteiger partial charge is 0.257 e. The average Bonchev–Trinajstić information content (AvgIpc) is 3.18. The Kier molecular flexibility index (Phi) is 5.25. The van der Waals surface area contributed by atoms with Gasteiger partial charge in [-0.2, -0.15) is 0 Å². The van der Waals surface area contributed by atoms with Crippen LogP contribution in [0.1, 0.15) is 63.2 Å². The molecule has 2 aromatic rings. The summed E-state index contributed by atoms with van der Waals surface area (Å²) in [6, 6.07) is 4.05. The number of unbranched alkanes of at least 4 members (excludes halogenated alkanes) is 1. The number of nitrogens with zero attached hydrogens (tertiary/aromatic N) is 1. The molecule has 0 radical (unpaired) electrons. The predicted octanol–water partition coefficient (Wildman–Crippen LogP) is 3.86. The molecule has 1 aromatic carbocycles. The van der Waals surface area contributed by atoms with Crippen LogP contribution in [0.5, 0.6) is 0 Å². The third kappa shape index (κ3) is 3.35.